The highest BCUT2D eigenvalue weighted by Crippen LogP contribution is 2.32. The highest BCUT2D eigenvalue weighted by Gasteiger charge is 2.34. The Morgan fingerprint density at radius 3 is 2.52 bits per heavy atom. The molecule has 1 saturated heterocycles. The summed E-state index contributed by atoms with van der Waals surface area (Å²) in [5.74, 6) is 0.500. The van der Waals surface area contributed by atoms with Gasteiger partial charge in [-0.3, -0.25) is 14.5 Å². The van der Waals surface area contributed by atoms with Gasteiger partial charge in [-0.2, -0.15) is 0 Å². The number of hydrogen-bond donors (Lipinski definition) is 1. The lowest BCUT2D eigenvalue weighted by Gasteiger charge is -2.09. The van der Waals surface area contributed by atoms with Crippen molar-refractivity contribution in [1.82, 2.24) is 4.90 Å². The quantitative estimate of drug-likeness (QED) is 0.841. The van der Waals surface area contributed by atoms with Crippen LogP contribution in [0.25, 0.3) is 6.08 Å². The summed E-state index contributed by atoms with van der Waals surface area (Å²) in [5, 5.41) is -0.266. The van der Waals surface area contributed by atoms with Gasteiger partial charge in [-0.15, -0.1) is 12.4 Å². The molecule has 2 N–H and O–H groups in total. The first-order chi connectivity index (χ1) is 9.65. The number of nitrogens with zero attached hydrogens (tertiary/aromatic N) is 1. The lowest BCUT2D eigenvalue weighted by atomic mass is 10.2. The molecule has 0 bridgehead atoms. The minimum atomic E-state index is -0.278. The fraction of sp³-hybridized carbons (Fsp3) is 0.286. The van der Waals surface area contributed by atoms with E-state index in [0.29, 0.717) is 11.5 Å². The number of thioether (sulfide) groups is 1. The van der Waals surface area contributed by atoms with E-state index >= 15 is 0 Å². The monoisotopic (exact) mass is 328 g/mol. The normalized spacial score (nSPS) is 16.3. The zero-order valence-electron chi connectivity index (χ0n) is 11.6. The molecule has 5 nitrogen and oxygen atoms in total. The fourth-order valence-electron chi connectivity index (χ4n) is 1.80. The molecule has 21 heavy (non-hydrogen) atoms. The van der Waals surface area contributed by atoms with Gasteiger partial charge >= 0.3 is 0 Å². The van der Waals surface area contributed by atoms with E-state index in [1.54, 1.807) is 6.08 Å². The molecule has 0 aromatic heterocycles. The zero-order chi connectivity index (χ0) is 14.5. The number of benzene rings is 1. The van der Waals surface area contributed by atoms with E-state index in [1.165, 1.54) is 4.90 Å². The minimum absolute atomic E-state index is 0. The second-order valence-corrected chi connectivity index (χ2v) is 5.12. The molecule has 1 heterocycles. The van der Waals surface area contributed by atoms with Gasteiger partial charge in [0.2, 0.25) is 0 Å². The first kappa shape index (κ1) is 17.6. The number of rotatable bonds is 5. The van der Waals surface area contributed by atoms with E-state index in [2.05, 4.69) is 0 Å². The van der Waals surface area contributed by atoms with Crippen LogP contribution in [0.4, 0.5) is 4.79 Å². The van der Waals surface area contributed by atoms with Gasteiger partial charge in [-0.05, 0) is 42.5 Å². The molecule has 1 aromatic rings. The molecular formula is C14H17ClN2O3S. The maximum absolute atomic E-state index is 12.0. The molecule has 0 atom stereocenters. The first-order valence-electron chi connectivity index (χ1n) is 6.34. The van der Waals surface area contributed by atoms with Crippen molar-refractivity contribution in [2.45, 2.75) is 6.92 Å². The van der Waals surface area contributed by atoms with Crippen molar-refractivity contribution >= 4 is 41.4 Å². The van der Waals surface area contributed by atoms with Gasteiger partial charge in [-0.25, -0.2) is 0 Å². The van der Waals surface area contributed by atoms with Crippen molar-refractivity contribution in [3.63, 3.8) is 0 Å². The van der Waals surface area contributed by atoms with Crippen LogP contribution in [0, 0.1) is 0 Å². The number of amides is 2. The third kappa shape index (κ3) is 4.23. The van der Waals surface area contributed by atoms with Gasteiger partial charge in [0.25, 0.3) is 11.1 Å². The molecule has 0 aliphatic carbocycles. The molecule has 7 heteroatoms. The SMILES string of the molecule is CCOc1ccc(/C=C2/SC(=O)N(CCN)C2=O)cc1.Cl. The summed E-state index contributed by atoms with van der Waals surface area (Å²) in [4.78, 5) is 25.3. The van der Waals surface area contributed by atoms with E-state index < -0.39 is 0 Å². The standard InChI is InChI=1S/C14H16N2O3S.ClH/c1-2-19-11-5-3-10(4-6-11)9-12-13(17)16(8-7-15)14(18)20-12;/h3-6,9H,2,7-8,15H2,1H3;1H/b12-9+;. The highest BCUT2D eigenvalue weighted by molar-refractivity contribution is 8.18. The summed E-state index contributed by atoms with van der Waals surface area (Å²) in [6.45, 7) is 3.05. The van der Waals surface area contributed by atoms with Crippen molar-refractivity contribution in [2.24, 2.45) is 5.73 Å². The van der Waals surface area contributed by atoms with Crippen molar-refractivity contribution in [3.8, 4) is 5.75 Å². The van der Waals surface area contributed by atoms with Crippen molar-refractivity contribution in [2.75, 3.05) is 19.7 Å². The summed E-state index contributed by atoms with van der Waals surface area (Å²) in [7, 11) is 0. The molecule has 1 aliphatic heterocycles. The van der Waals surface area contributed by atoms with E-state index in [4.69, 9.17) is 10.5 Å². The second-order valence-electron chi connectivity index (χ2n) is 4.12. The molecule has 1 fully saturated rings. The fourth-order valence-corrected chi connectivity index (χ4v) is 2.67. The predicted molar refractivity (Wildman–Crippen MR) is 86.6 cm³/mol. The average Bonchev–Trinajstić information content (AvgIpc) is 2.69. The summed E-state index contributed by atoms with van der Waals surface area (Å²) in [6, 6.07) is 7.36. The van der Waals surface area contributed by atoms with E-state index in [-0.39, 0.29) is 36.6 Å². The Labute approximate surface area is 133 Å². The summed E-state index contributed by atoms with van der Waals surface area (Å²) in [5.41, 5.74) is 6.24. The largest absolute Gasteiger partial charge is 0.494 e. The third-order valence-corrected chi connectivity index (χ3v) is 3.62. The topological polar surface area (TPSA) is 72.6 Å². The van der Waals surface area contributed by atoms with Crippen molar-refractivity contribution in [1.29, 1.82) is 0 Å². The maximum atomic E-state index is 12.0. The van der Waals surface area contributed by atoms with Gasteiger partial charge in [-0.1, -0.05) is 12.1 Å². The van der Waals surface area contributed by atoms with Gasteiger partial charge in [0.15, 0.2) is 0 Å². The Balaban J connectivity index is 0.00000220. The Bertz CT molecular complexity index is 546. The Hall–Kier alpha value is -1.50. The van der Waals surface area contributed by atoms with E-state index in [9.17, 15) is 9.59 Å². The van der Waals surface area contributed by atoms with Crippen LogP contribution >= 0.6 is 24.2 Å². The smallest absolute Gasteiger partial charge is 0.293 e. The molecule has 0 spiro atoms. The van der Waals surface area contributed by atoms with Crippen LogP contribution < -0.4 is 10.5 Å². The number of ether oxygens (including phenoxy) is 1. The molecule has 0 radical (unpaired) electrons. The lowest BCUT2D eigenvalue weighted by molar-refractivity contribution is -0.122. The first-order valence-corrected chi connectivity index (χ1v) is 7.15. The number of halogens is 1. The van der Waals surface area contributed by atoms with Gasteiger partial charge in [0, 0.05) is 13.1 Å². The molecule has 0 saturated carbocycles. The number of carbonyl (C=O) groups excluding carboxylic acids is 2. The molecule has 1 aliphatic rings. The summed E-state index contributed by atoms with van der Waals surface area (Å²) < 4.78 is 5.35. The van der Waals surface area contributed by atoms with E-state index in [1.807, 2.05) is 31.2 Å². The van der Waals surface area contributed by atoms with Crippen LogP contribution in [0.2, 0.25) is 0 Å². The van der Waals surface area contributed by atoms with Crippen LogP contribution in [-0.2, 0) is 4.79 Å². The van der Waals surface area contributed by atoms with Crippen molar-refractivity contribution in [3.05, 3.63) is 34.7 Å². The van der Waals surface area contributed by atoms with Crippen LogP contribution in [-0.4, -0.2) is 35.7 Å². The number of nitrogens with two attached hydrogens (primary N) is 1. The van der Waals surface area contributed by atoms with Crippen LogP contribution in [0.1, 0.15) is 12.5 Å². The molecule has 114 valence electrons. The summed E-state index contributed by atoms with van der Waals surface area (Å²) >= 11 is 0.943. The molecule has 2 amide bonds. The third-order valence-electron chi connectivity index (χ3n) is 2.72. The van der Waals surface area contributed by atoms with Gasteiger partial charge in [0.1, 0.15) is 5.75 Å². The highest BCUT2D eigenvalue weighted by atomic mass is 35.5. The number of hydrogen-bond acceptors (Lipinski definition) is 5. The Morgan fingerprint density at radius 2 is 1.95 bits per heavy atom. The van der Waals surface area contributed by atoms with Crippen LogP contribution in [0.15, 0.2) is 29.2 Å². The second kappa shape index (κ2) is 8.07. The number of imide groups is 1. The summed E-state index contributed by atoms with van der Waals surface area (Å²) in [6.07, 6.45) is 1.71. The van der Waals surface area contributed by atoms with Crippen LogP contribution in [0.5, 0.6) is 5.75 Å². The molecular weight excluding hydrogens is 312 g/mol. The van der Waals surface area contributed by atoms with Crippen molar-refractivity contribution < 1.29 is 14.3 Å². The number of carbonyl (C=O) groups is 2. The van der Waals surface area contributed by atoms with Gasteiger partial charge < -0.3 is 10.5 Å². The predicted octanol–water partition coefficient (Wildman–Crippen LogP) is 2.50. The van der Waals surface area contributed by atoms with Gasteiger partial charge in [0.05, 0.1) is 11.5 Å². The molecule has 2 rings (SSSR count). The molecule has 1 aromatic carbocycles. The Kier molecular flexibility index (Phi) is 6.74. The minimum Gasteiger partial charge on any atom is -0.494 e. The average molecular weight is 329 g/mol. The zero-order valence-corrected chi connectivity index (χ0v) is 13.2. The molecule has 0 unspecified atom stereocenters. The lowest BCUT2D eigenvalue weighted by Crippen LogP contribution is -2.33. The Morgan fingerprint density at radius 1 is 1.29 bits per heavy atom. The van der Waals surface area contributed by atoms with E-state index in [0.717, 1.165) is 23.1 Å². The maximum Gasteiger partial charge on any atom is 0.293 e. The van der Waals surface area contributed by atoms with Crippen LogP contribution in [0.3, 0.4) is 0 Å².